The summed E-state index contributed by atoms with van der Waals surface area (Å²) in [7, 11) is 3.43. The van der Waals surface area contributed by atoms with Crippen molar-refractivity contribution < 1.29 is 9.47 Å². The van der Waals surface area contributed by atoms with Crippen LogP contribution in [0.15, 0.2) is 12.4 Å². The quantitative estimate of drug-likeness (QED) is 0.691. The van der Waals surface area contributed by atoms with Crippen LogP contribution in [0.2, 0.25) is 0 Å². The minimum atomic E-state index is 0.135. The average molecular weight is 284 g/mol. The highest BCUT2D eigenvalue weighted by atomic mass is 16.5. The lowest BCUT2D eigenvalue weighted by Gasteiger charge is -2.35. The monoisotopic (exact) mass is 284 g/mol. The van der Waals surface area contributed by atoms with Gasteiger partial charge in [0.1, 0.15) is 0 Å². The van der Waals surface area contributed by atoms with Gasteiger partial charge in [0.2, 0.25) is 0 Å². The van der Waals surface area contributed by atoms with E-state index in [1.807, 2.05) is 10.9 Å². The predicted molar refractivity (Wildman–Crippen MR) is 79.6 cm³/mol. The maximum absolute atomic E-state index is 6.00. The van der Waals surface area contributed by atoms with E-state index < -0.39 is 0 Å². The van der Waals surface area contributed by atoms with E-state index in [0.29, 0.717) is 19.8 Å². The predicted octanol–water partition coefficient (Wildman–Crippen LogP) is 0.886. The average Bonchev–Trinajstić information content (AvgIpc) is 2.92. The van der Waals surface area contributed by atoms with E-state index in [9.17, 15) is 0 Å². The SMILES string of the molecule is CCn1cc(C(CN)N(CCOC)C(C)COC)cn1. The number of hydrogen-bond acceptors (Lipinski definition) is 5. The molecule has 0 aliphatic rings. The number of ether oxygens (including phenoxy) is 2. The first-order valence-corrected chi connectivity index (χ1v) is 7.13. The zero-order valence-electron chi connectivity index (χ0n) is 13.1. The Morgan fingerprint density at radius 1 is 1.40 bits per heavy atom. The van der Waals surface area contributed by atoms with Crippen LogP contribution in [-0.2, 0) is 16.0 Å². The highest BCUT2D eigenvalue weighted by molar-refractivity contribution is 5.12. The van der Waals surface area contributed by atoms with Gasteiger partial charge >= 0.3 is 0 Å². The molecule has 6 nitrogen and oxygen atoms in total. The Kier molecular flexibility index (Phi) is 7.76. The molecule has 116 valence electrons. The van der Waals surface area contributed by atoms with Crippen LogP contribution >= 0.6 is 0 Å². The van der Waals surface area contributed by atoms with Crippen LogP contribution in [0.4, 0.5) is 0 Å². The summed E-state index contributed by atoms with van der Waals surface area (Å²) in [5, 5.41) is 4.34. The smallest absolute Gasteiger partial charge is 0.0615 e. The van der Waals surface area contributed by atoms with E-state index in [1.54, 1.807) is 14.2 Å². The number of rotatable bonds is 10. The van der Waals surface area contributed by atoms with E-state index in [1.165, 1.54) is 0 Å². The van der Waals surface area contributed by atoms with Gasteiger partial charge < -0.3 is 15.2 Å². The van der Waals surface area contributed by atoms with Crippen molar-refractivity contribution in [2.75, 3.05) is 40.5 Å². The molecule has 0 spiro atoms. The van der Waals surface area contributed by atoms with Gasteiger partial charge in [0, 0.05) is 51.7 Å². The summed E-state index contributed by atoms with van der Waals surface area (Å²) in [5.74, 6) is 0. The Bertz CT molecular complexity index is 370. The molecule has 0 saturated heterocycles. The van der Waals surface area contributed by atoms with E-state index in [2.05, 4.69) is 30.0 Å². The van der Waals surface area contributed by atoms with Crippen LogP contribution in [0.1, 0.15) is 25.5 Å². The van der Waals surface area contributed by atoms with Gasteiger partial charge in [-0.2, -0.15) is 5.10 Å². The third kappa shape index (κ3) is 4.56. The molecule has 0 bridgehead atoms. The van der Waals surface area contributed by atoms with Crippen molar-refractivity contribution >= 4 is 0 Å². The van der Waals surface area contributed by atoms with Crippen LogP contribution in [0.5, 0.6) is 0 Å². The number of hydrogen-bond donors (Lipinski definition) is 1. The van der Waals surface area contributed by atoms with E-state index in [0.717, 1.165) is 18.7 Å². The van der Waals surface area contributed by atoms with Gasteiger partial charge in [-0.15, -0.1) is 0 Å². The molecule has 6 heteroatoms. The zero-order chi connectivity index (χ0) is 15.0. The molecule has 0 aliphatic carbocycles. The first-order valence-electron chi connectivity index (χ1n) is 7.13. The lowest BCUT2D eigenvalue weighted by molar-refractivity contribution is 0.0486. The molecule has 1 aromatic rings. The standard InChI is InChI=1S/C14H28N4O2/c1-5-17-10-13(9-16-17)14(8-15)18(6-7-19-3)12(2)11-20-4/h9-10,12,14H,5-8,11,15H2,1-4H3. The second kappa shape index (κ2) is 9.07. The number of nitrogens with zero attached hydrogens (tertiary/aromatic N) is 3. The summed E-state index contributed by atoms with van der Waals surface area (Å²) >= 11 is 0. The molecule has 2 unspecified atom stereocenters. The molecular formula is C14H28N4O2. The van der Waals surface area contributed by atoms with Crippen LogP contribution < -0.4 is 5.73 Å². The lowest BCUT2D eigenvalue weighted by Crippen LogP contribution is -2.43. The van der Waals surface area contributed by atoms with Crippen molar-refractivity contribution in [3.05, 3.63) is 18.0 Å². The molecule has 0 amide bonds. The third-order valence-electron chi connectivity index (χ3n) is 3.51. The largest absolute Gasteiger partial charge is 0.383 e. The number of nitrogens with two attached hydrogens (primary N) is 1. The molecule has 1 heterocycles. The van der Waals surface area contributed by atoms with Gasteiger partial charge in [-0.3, -0.25) is 9.58 Å². The van der Waals surface area contributed by atoms with Crippen molar-refractivity contribution in [2.24, 2.45) is 5.73 Å². The summed E-state index contributed by atoms with van der Waals surface area (Å²) in [4.78, 5) is 2.32. The molecule has 1 aromatic heterocycles. The van der Waals surface area contributed by atoms with Gasteiger partial charge in [-0.25, -0.2) is 0 Å². The van der Waals surface area contributed by atoms with Crippen LogP contribution in [0.25, 0.3) is 0 Å². The number of aryl methyl sites for hydroxylation is 1. The summed E-state index contributed by atoms with van der Waals surface area (Å²) in [5.41, 5.74) is 7.15. The van der Waals surface area contributed by atoms with Gasteiger partial charge in [0.15, 0.2) is 0 Å². The Labute approximate surface area is 121 Å². The second-order valence-electron chi connectivity index (χ2n) is 4.92. The molecule has 1 rings (SSSR count). The van der Waals surface area contributed by atoms with Crippen LogP contribution in [0, 0.1) is 0 Å². The van der Waals surface area contributed by atoms with Crippen LogP contribution in [-0.4, -0.2) is 61.2 Å². The zero-order valence-corrected chi connectivity index (χ0v) is 13.1. The highest BCUT2D eigenvalue weighted by Crippen LogP contribution is 2.21. The van der Waals surface area contributed by atoms with E-state index >= 15 is 0 Å². The third-order valence-corrected chi connectivity index (χ3v) is 3.51. The molecule has 2 N–H and O–H groups in total. The van der Waals surface area contributed by atoms with Crippen molar-refractivity contribution in [1.29, 1.82) is 0 Å². The molecular weight excluding hydrogens is 256 g/mol. The molecule has 2 atom stereocenters. The van der Waals surface area contributed by atoms with Crippen molar-refractivity contribution in [3.63, 3.8) is 0 Å². The second-order valence-corrected chi connectivity index (χ2v) is 4.92. The number of methoxy groups -OCH3 is 2. The summed E-state index contributed by atoms with van der Waals surface area (Å²) in [6.45, 7) is 7.79. The van der Waals surface area contributed by atoms with Crippen molar-refractivity contribution in [1.82, 2.24) is 14.7 Å². The fourth-order valence-corrected chi connectivity index (χ4v) is 2.40. The van der Waals surface area contributed by atoms with Gasteiger partial charge in [-0.05, 0) is 13.8 Å². The molecule has 0 radical (unpaired) electrons. The Morgan fingerprint density at radius 3 is 2.65 bits per heavy atom. The van der Waals surface area contributed by atoms with Gasteiger partial charge in [-0.1, -0.05) is 0 Å². The molecule has 20 heavy (non-hydrogen) atoms. The first kappa shape index (κ1) is 17.1. The minimum Gasteiger partial charge on any atom is -0.383 e. The van der Waals surface area contributed by atoms with Crippen molar-refractivity contribution in [3.8, 4) is 0 Å². The summed E-state index contributed by atoms with van der Waals surface area (Å²) < 4.78 is 12.4. The number of aromatic nitrogens is 2. The normalized spacial score (nSPS) is 14.7. The molecule has 0 saturated carbocycles. The van der Waals surface area contributed by atoms with Gasteiger partial charge in [0.25, 0.3) is 0 Å². The maximum atomic E-state index is 6.00. The summed E-state index contributed by atoms with van der Waals surface area (Å²) in [6, 6.07) is 0.407. The Hall–Kier alpha value is -0.950. The first-order chi connectivity index (χ1) is 9.67. The molecule has 0 fully saturated rings. The molecule has 0 aromatic carbocycles. The Morgan fingerprint density at radius 2 is 2.15 bits per heavy atom. The minimum absolute atomic E-state index is 0.135. The van der Waals surface area contributed by atoms with E-state index in [-0.39, 0.29) is 12.1 Å². The Balaban J connectivity index is 2.87. The fourth-order valence-electron chi connectivity index (χ4n) is 2.40. The van der Waals surface area contributed by atoms with Gasteiger partial charge in [0.05, 0.1) is 25.5 Å². The van der Waals surface area contributed by atoms with Crippen molar-refractivity contribution in [2.45, 2.75) is 32.5 Å². The topological polar surface area (TPSA) is 65.5 Å². The van der Waals surface area contributed by atoms with Crippen LogP contribution in [0.3, 0.4) is 0 Å². The maximum Gasteiger partial charge on any atom is 0.0615 e. The van der Waals surface area contributed by atoms with E-state index in [4.69, 9.17) is 15.2 Å². The lowest BCUT2D eigenvalue weighted by atomic mass is 10.1. The molecule has 0 aliphatic heterocycles. The fraction of sp³-hybridized carbons (Fsp3) is 0.786. The summed E-state index contributed by atoms with van der Waals surface area (Å²) in [6.07, 6.45) is 3.97. The highest BCUT2D eigenvalue weighted by Gasteiger charge is 2.24.